The lowest BCUT2D eigenvalue weighted by Crippen LogP contribution is -2.43. The van der Waals surface area contributed by atoms with Gasteiger partial charge in [0.15, 0.2) is 11.5 Å². The first-order chi connectivity index (χ1) is 13.3. The Bertz CT molecular complexity index is 797. The summed E-state index contributed by atoms with van der Waals surface area (Å²) in [5, 5.41) is 2.97. The monoisotopic (exact) mass is 370 g/mol. The van der Waals surface area contributed by atoms with Gasteiger partial charge in [0.25, 0.3) is 0 Å². The van der Waals surface area contributed by atoms with Crippen molar-refractivity contribution in [3.63, 3.8) is 0 Å². The maximum Gasteiger partial charge on any atom is 0.244 e. The second-order valence-electron chi connectivity index (χ2n) is 6.37. The van der Waals surface area contributed by atoms with Crippen molar-refractivity contribution < 1.29 is 23.4 Å². The third-order valence-corrected chi connectivity index (χ3v) is 4.65. The van der Waals surface area contributed by atoms with Gasteiger partial charge < -0.3 is 23.9 Å². The van der Waals surface area contributed by atoms with Crippen LogP contribution in [-0.4, -0.2) is 50.4 Å². The fraction of sp³-hybridized carbons (Fsp3) is 0.350. The number of nitrogens with one attached hydrogen (secondary N) is 1. The van der Waals surface area contributed by atoms with Crippen LogP contribution in [0.1, 0.15) is 17.4 Å². The molecule has 3 heterocycles. The molecule has 0 bridgehead atoms. The fourth-order valence-corrected chi connectivity index (χ4v) is 3.22. The topological polar surface area (TPSA) is 73.2 Å². The Balaban J connectivity index is 1.36. The number of rotatable bonds is 6. The van der Waals surface area contributed by atoms with Gasteiger partial charge in [-0.3, -0.25) is 9.69 Å². The van der Waals surface area contributed by atoms with E-state index >= 15 is 0 Å². The summed E-state index contributed by atoms with van der Waals surface area (Å²) in [4.78, 5) is 14.5. The van der Waals surface area contributed by atoms with Gasteiger partial charge in [0.1, 0.15) is 5.76 Å². The summed E-state index contributed by atoms with van der Waals surface area (Å²) in [6, 6.07) is 9.37. The number of amides is 1. The van der Waals surface area contributed by atoms with Crippen molar-refractivity contribution in [2.24, 2.45) is 0 Å². The van der Waals surface area contributed by atoms with Gasteiger partial charge in [-0.1, -0.05) is 6.07 Å². The normalized spacial score (nSPS) is 17.9. The largest absolute Gasteiger partial charge is 0.468 e. The molecule has 1 unspecified atom stereocenters. The molecule has 4 rings (SSSR count). The number of hydrogen-bond acceptors (Lipinski definition) is 6. The molecule has 142 valence electrons. The summed E-state index contributed by atoms with van der Waals surface area (Å²) in [5.74, 6) is 2.11. The SMILES string of the molecule is O=C(/C=C/c1ccc2c(c1)OCO2)NCC(c1ccco1)N1CCOCC1. The van der Waals surface area contributed by atoms with Crippen molar-refractivity contribution in [1.82, 2.24) is 10.2 Å². The molecule has 0 aliphatic carbocycles. The highest BCUT2D eigenvalue weighted by Gasteiger charge is 2.25. The molecule has 1 amide bonds. The first-order valence-electron chi connectivity index (χ1n) is 9.00. The summed E-state index contributed by atoms with van der Waals surface area (Å²) < 4.78 is 21.6. The fourth-order valence-electron chi connectivity index (χ4n) is 3.22. The van der Waals surface area contributed by atoms with E-state index in [9.17, 15) is 4.79 Å². The molecule has 2 aliphatic heterocycles. The van der Waals surface area contributed by atoms with E-state index < -0.39 is 0 Å². The molecule has 2 aliphatic rings. The van der Waals surface area contributed by atoms with Crippen LogP contribution in [0.5, 0.6) is 11.5 Å². The molecular formula is C20H22N2O5. The highest BCUT2D eigenvalue weighted by atomic mass is 16.7. The molecule has 27 heavy (non-hydrogen) atoms. The molecule has 1 atom stereocenters. The lowest BCUT2D eigenvalue weighted by atomic mass is 10.1. The van der Waals surface area contributed by atoms with E-state index in [4.69, 9.17) is 18.6 Å². The average molecular weight is 370 g/mol. The molecule has 0 saturated carbocycles. The molecule has 7 nitrogen and oxygen atoms in total. The zero-order valence-corrected chi connectivity index (χ0v) is 14.9. The maximum absolute atomic E-state index is 12.3. The lowest BCUT2D eigenvalue weighted by Gasteiger charge is -2.33. The minimum Gasteiger partial charge on any atom is -0.468 e. The van der Waals surface area contributed by atoms with Gasteiger partial charge in [-0.15, -0.1) is 0 Å². The van der Waals surface area contributed by atoms with Gasteiger partial charge in [-0.05, 0) is 35.9 Å². The highest BCUT2D eigenvalue weighted by molar-refractivity contribution is 5.91. The van der Waals surface area contributed by atoms with Crippen molar-refractivity contribution in [3.05, 3.63) is 54.0 Å². The molecule has 1 aromatic carbocycles. The number of carbonyl (C=O) groups excluding carboxylic acids is 1. The van der Waals surface area contributed by atoms with Crippen LogP contribution in [0.25, 0.3) is 6.08 Å². The van der Waals surface area contributed by atoms with E-state index in [1.807, 2.05) is 30.3 Å². The zero-order chi connectivity index (χ0) is 18.5. The summed E-state index contributed by atoms with van der Waals surface area (Å²) in [6.07, 6.45) is 4.94. The smallest absolute Gasteiger partial charge is 0.244 e. The van der Waals surface area contributed by atoms with Crippen LogP contribution in [0.15, 0.2) is 47.1 Å². The number of fused-ring (bicyclic) bond motifs is 1. The molecule has 0 spiro atoms. The van der Waals surface area contributed by atoms with Gasteiger partial charge in [-0.25, -0.2) is 0 Å². The van der Waals surface area contributed by atoms with Gasteiger partial charge in [-0.2, -0.15) is 0 Å². The maximum atomic E-state index is 12.3. The number of benzene rings is 1. The van der Waals surface area contributed by atoms with Gasteiger partial charge in [0.2, 0.25) is 12.7 Å². The first kappa shape index (κ1) is 17.6. The first-order valence-corrected chi connectivity index (χ1v) is 9.00. The summed E-state index contributed by atoms with van der Waals surface area (Å²) >= 11 is 0. The Morgan fingerprint density at radius 1 is 1.19 bits per heavy atom. The van der Waals surface area contributed by atoms with Crippen LogP contribution in [0.2, 0.25) is 0 Å². The number of morpholine rings is 1. The van der Waals surface area contributed by atoms with Gasteiger partial charge in [0.05, 0.1) is 25.5 Å². The number of hydrogen-bond donors (Lipinski definition) is 1. The molecule has 1 aromatic heterocycles. The van der Waals surface area contributed by atoms with Crippen molar-refractivity contribution in [2.75, 3.05) is 39.6 Å². The average Bonchev–Trinajstić information content (AvgIpc) is 3.39. The van der Waals surface area contributed by atoms with E-state index in [-0.39, 0.29) is 18.7 Å². The number of carbonyl (C=O) groups is 1. The molecule has 0 radical (unpaired) electrons. The van der Waals surface area contributed by atoms with E-state index in [0.717, 1.165) is 30.2 Å². The molecule has 1 fully saturated rings. The van der Waals surface area contributed by atoms with Crippen LogP contribution in [0.3, 0.4) is 0 Å². The zero-order valence-electron chi connectivity index (χ0n) is 14.9. The van der Waals surface area contributed by atoms with Crippen LogP contribution < -0.4 is 14.8 Å². The van der Waals surface area contributed by atoms with E-state index in [0.29, 0.717) is 25.5 Å². The Morgan fingerprint density at radius 2 is 2.04 bits per heavy atom. The van der Waals surface area contributed by atoms with E-state index in [2.05, 4.69) is 10.2 Å². The minimum atomic E-state index is -0.155. The number of nitrogens with zero attached hydrogens (tertiary/aromatic N) is 1. The van der Waals surface area contributed by atoms with Crippen molar-refractivity contribution in [2.45, 2.75) is 6.04 Å². The Morgan fingerprint density at radius 3 is 2.85 bits per heavy atom. The predicted octanol–water partition coefficient (Wildman–Crippen LogP) is 2.21. The molecule has 1 N–H and O–H groups in total. The second kappa shape index (κ2) is 8.28. The second-order valence-corrected chi connectivity index (χ2v) is 6.37. The van der Waals surface area contributed by atoms with Gasteiger partial charge >= 0.3 is 0 Å². The van der Waals surface area contributed by atoms with Crippen LogP contribution in [0.4, 0.5) is 0 Å². The number of ether oxygens (including phenoxy) is 3. The van der Waals surface area contributed by atoms with Gasteiger partial charge in [0, 0.05) is 25.7 Å². The Hall–Kier alpha value is -2.77. The minimum absolute atomic E-state index is 0.00760. The van der Waals surface area contributed by atoms with Crippen molar-refractivity contribution >= 4 is 12.0 Å². The van der Waals surface area contributed by atoms with Crippen LogP contribution >= 0.6 is 0 Å². The lowest BCUT2D eigenvalue weighted by molar-refractivity contribution is -0.116. The molecular weight excluding hydrogens is 348 g/mol. The third kappa shape index (κ3) is 4.32. The Labute approximate surface area is 157 Å². The predicted molar refractivity (Wildman–Crippen MR) is 98.4 cm³/mol. The summed E-state index contributed by atoms with van der Waals surface area (Å²) in [7, 11) is 0. The molecule has 2 aromatic rings. The molecule has 1 saturated heterocycles. The summed E-state index contributed by atoms with van der Waals surface area (Å²) in [5.41, 5.74) is 0.880. The van der Waals surface area contributed by atoms with E-state index in [1.165, 1.54) is 6.08 Å². The summed E-state index contributed by atoms with van der Waals surface area (Å²) in [6.45, 7) is 3.71. The van der Waals surface area contributed by atoms with Crippen molar-refractivity contribution in [3.8, 4) is 11.5 Å². The van der Waals surface area contributed by atoms with Crippen LogP contribution in [0, 0.1) is 0 Å². The Kier molecular flexibility index (Phi) is 5.41. The number of furan rings is 1. The third-order valence-electron chi connectivity index (χ3n) is 4.65. The highest BCUT2D eigenvalue weighted by Crippen LogP contribution is 2.32. The quantitative estimate of drug-likeness (QED) is 0.786. The molecule has 7 heteroatoms. The standard InChI is InChI=1S/C20H22N2O5/c23-20(6-4-15-3-5-18-19(12-15)27-14-26-18)21-13-16(17-2-1-9-25-17)22-7-10-24-11-8-22/h1-6,9,12,16H,7-8,10-11,13-14H2,(H,21,23)/b6-4+. The van der Waals surface area contributed by atoms with Crippen molar-refractivity contribution in [1.29, 1.82) is 0 Å². The van der Waals surface area contributed by atoms with Crippen LogP contribution in [-0.2, 0) is 9.53 Å². The van der Waals surface area contributed by atoms with E-state index in [1.54, 1.807) is 12.3 Å².